The monoisotopic (exact) mass is 385 g/mol. The Bertz CT molecular complexity index is 646. The molecule has 150 valence electrons. The number of anilines is 1. The summed E-state index contributed by atoms with van der Waals surface area (Å²) in [5.74, 6) is 0.106. The maximum absolute atomic E-state index is 13.1. The van der Waals surface area contributed by atoms with Crippen molar-refractivity contribution < 1.29 is 22.7 Å². The summed E-state index contributed by atoms with van der Waals surface area (Å²) < 4.78 is 44.1. The van der Waals surface area contributed by atoms with E-state index >= 15 is 0 Å². The molecule has 0 bridgehead atoms. The molecular weight excluding hydrogens is 359 g/mol. The van der Waals surface area contributed by atoms with Gasteiger partial charge in [-0.25, -0.2) is 0 Å². The molecule has 0 aromatic heterocycles. The number of halogens is 3. The number of alkyl halides is 3. The lowest BCUT2D eigenvalue weighted by Crippen LogP contribution is -2.56. The minimum absolute atomic E-state index is 0.106. The summed E-state index contributed by atoms with van der Waals surface area (Å²) in [6.45, 7) is 4.05. The normalized spacial score (nSPS) is 20.6. The van der Waals surface area contributed by atoms with Crippen LogP contribution in [0.4, 0.5) is 18.9 Å². The lowest BCUT2D eigenvalue weighted by molar-refractivity contribution is -0.148. The third kappa shape index (κ3) is 4.38. The summed E-state index contributed by atoms with van der Waals surface area (Å²) in [7, 11) is 1.61. The van der Waals surface area contributed by atoms with Crippen LogP contribution in [0, 0.1) is 5.41 Å². The standard InChI is InChI=1S/C19H26F3N3O2/c1-27-14-18(5-7-23-8-6-18)17(26)25-11-9-24(10-12-25)16-4-2-3-15(13-16)19(20,21)22/h2-4,13,23H,5-12,14H2,1H3. The number of carbonyl (C=O) groups excluding carboxylic acids is 1. The van der Waals surface area contributed by atoms with Crippen LogP contribution in [0.2, 0.25) is 0 Å². The van der Waals surface area contributed by atoms with Crippen LogP contribution in [0.15, 0.2) is 24.3 Å². The van der Waals surface area contributed by atoms with Gasteiger partial charge in [-0.2, -0.15) is 13.2 Å². The molecule has 1 N–H and O–H groups in total. The number of carbonyl (C=O) groups is 1. The predicted octanol–water partition coefficient (Wildman–Crippen LogP) is 2.37. The molecule has 2 fully saturated rings. The van der Waals surface area contributed by atoms with E-state index in [-0.39, 0.29) is 5.91 Å². The molecule has 1 aromatic carbocycles. The number of benzene rings is 1. The van der Waals surface area contributed by atoms with Gasteiger partial charge in [-0.3, -0.25) is 4.79 Å². The van der Waals surface area contributed by atoms with Gasteiger partial charge in [0.1, 0.15) is 0 Å². The Kier molecular flexibility index (Phi) is 5.95. The Balaban J connectivity index is 1.65. The van der Waals surface area contributed by atoms with Gasteiger partial charge in [0, 0.05) is 39.0 Å². The average Bonchev–Trinajstić information content (AvgIpc) is 2.68. The molecule has 0 unspecified atom stereocenters. The molecule has 0 atom stereocenters. The first-order chi connectivity index (χ1) is 12.9. The molecule has 27 heavy (non-hydrogen) atoms. The number of amides is 1. The fourth-order valence-electron chi connectivity index (χ4n) is 3.98. The number of nitrogens with zero attached hydrogens (tertiary/aromatic N) is 2. The molecule has 2 aliphatic heterocycles. The Hall–Kier alpha value is -1.80. The fraction of sp³-hybridized carbons (Fsp3) is 0.632. The minimum atomic E-state index is -4.35. The molecule has 1 aromatic rings. The number of hydrogen-bond donors (Lipinski definition) is 1. The first-order valence-electron chi connectivity index (χ1n) is 9.27. The number of piperazine rings is 1. The van der Waals surface area contributed by atoms with Crippen LogP contribution < -0.4 is 10.2 Å². The second-order valence-electron chi connectivity index (χ2n) is 7.29. The van der Waals surface area contributed by atoms with Crippen LogP contribution in [0.1, 0.15) is 18.4 Å². The van der Waals surface area contributed by atoms with E-state index in [1.54, 1.807) is 13.2 Å². The maximum Gasteiger partial charge on any atom is 0.416 e. The van der Waals surface area contributed by atoms with Gasteiger partial charge in [0.15, 0.2) is 0 Å². The summed E-state index contributed by atoms with van der Waals surface area (Å²) in [6, 6.07) is 5.37. The van der Waals surface area contributed by atoms with Crippen LogP contribution in [0.3, 0.4) is 0 Å². The summed E-state index contributed by atoms with van der Waals surface area (Å²) in [5, 5.41) is 3.28. The summed E-state index contributed by atoms with van der Waals surface area (Å²) >= 11 is 0. The van der Waals surface area contributed by atoms with Crippen molar-refractivity contribution in [3.05, 3.63) is 29.8 Å². The van der Waals surface area contributed by atoms with Gasteiger partial charge in [0.25, 0.3) is 0 Å². The second kappa shape index (κ2) is 8.06. The van der Waals surface area contributed by atoms with Crippen molar-refractivity contribution in [1.82, 2.24) is 10.2 Å². The van der Waals surface area contributed by atoms with Gasteiger partial charge in [0.2, 0.25) is 5.91 Å². The molecule has 2 heterocycles. The Morgan fingerprint density at radius 1 is 1.19 bits per heavy atom. The largest absolute Gasteiger partial charge is 0.416 e. The number of hydrogen-bond acceptors (Lipinski definition) is 4. The van der Waals surface area contributed by atoms with E-state index in [2.05, 4.69) is 5.32 Å². The van der Waals surface area contributed by atoms with Crippen molar-refractivity contribution in [2.24, 2.45) is 5.41 Å². The van der Waals surface area contributed by atoms with Crippen LogP contribution in [0.5, 0.6) is 0 Å². The Morgan fingerprint density at radius 3 is 2.44 bits per heavy atom. The number of nitrogens with one attached hydrogen (secondary N) is 1. The van der Waals surface area contributed by atoms with E-state index in [0.29, 0.717) is 38.5 Å². The Morgan fingerprint density at radius 2 is 1.85 bits per heavy atom. The predicted molar refractivity (Wildman–Crippen MR) is 96.6 cm³/mol. The van der Waals surface area contributed by atoms with Crippen molar-refractivity contribution in [1.29, 1.82) is 0 Å². The first-order valence-corrected chi connectivity index (χ1v) is 9.27. The lowest BCUT2D eigenvalue weighted by Gasteiger charge is -2.43. The van der Waals surface area contributed by atoms with Crippen LogP contribution >= 0.6 is 0 Å². The zero-order valence-corrected chi connectivity index (χ0v) is 15.5. The minimum Gasteiger partial charge on any atom is -0.384 e. The number of ether oxygens (including phenoxy) is 1. The topological polar surface area (TPSA) is 44.8 Å². The van der Waals surface area contributed by atoms with Crippen LogP contribution in [0.25, 0.3) is 0 Å². The number of rotatable bonds is 4. The van der Waals surface area contributed by atoms with Gasteiger partial charge in [-0.05, 0) is 44.1 Å². The lowest BCUT2D eigenvalue weighted by atomic mass is 9.78. The van der Waals surface area contributed by atoms with E-state index < -0.39 is 17.2 Å². The number of methoxy groups -OCH3 is 1. The second-order valence-corrected chi connectivity index (χ2v) is 7.29. The van der Waals surface area contributed by atoms with E-state index in [1.807, 2.05) is 9.80 Å². The van der Waals surface area contributed by atoms with Gasteiger partial charge in [-0.1, -0.05) is 6.07 Å². The van der Waals surface area contributed by atoms with Gasteiger partial charge >= 0.3 is 6.18 Å². The molecule has 3 rings (SSSR count). The van der Waals surface area contributed by atoms with Crippen molar-refractivity contribution in [3.8, 4) is 0 Å². The van der Waals surface area contributed by atoms with Gasteiger partial charge < -0.3 is 19.9 Å². The summed E-state index contributed by atoms with van der Waals surface area (Å²) in [4.78, 5) is 16.9. The molecule has 5 nitrogen and oxygen atoms in total. The molecule has 8 heteroatoms. The third-order valence-corrected chi connectivity index (χ3v) is 5.54. The highest BCUT2D eigenvalue weighted by atomic mass is 19.4. The molecule has 0 aliphatic carbocycles. The first kappa shape index (κ1) is 19.9. The highest BCUT2D eigenvalue weighted by molar-refractivity contribution is 5.83. The molecule has 0 radical (unpaired) electrons. The van der Waals surface area contributed by atoms with E-state index in [9.17, 15) is 18.0 Å². The van der Waals surface area contributed by atoms with Gasteiger partial charge in [0.05, 0.1) is 17.6 Å². The average molecular weight is 385 g/mol. The Labute approximate surface area is 157 Å². The summed E-state index contributed by atoms with van der Waals surface area (Å²) in [6.07, 6.45) is -2.86. The molecule has 2 aliphatic rings. The van der Waals surface area contributed by atoms with Crippen molar-refractivity contribution in [2.75, 3.05) is 57.9 Å². The quantitative estimate of drug-likeness (QED) is 0.865. The van der Waals surface area contributed by atoms with Crippen molar-refractivity contribution >= 4 is 11.6 Å². The van der Waals surface area contributed by atoms with E-state index in [0.717, 1.165) is 32.0 Å². The maximum atomic E-state index is 13.1. The highest BCUT2D eigenvalue weighted by Crippen LogP contribution is 2.34. The van der Waals surface area contributed by atoms with Crippen molar-refractivity contribution in [2.45, 2.75) is 19.0 Å². The smallest absolute Gasteiger partial charge is 0.384 e. The summed E-state index contributed by atoms with van der Waals surface area (Å²) in [5.41, 5.74) is -0.587. The molecule has 0 saturated carbocycles. The fourth-order valence-corrected chi connectivity index (χ4v) is 3.98. The third-order valence-electron chi connectivity index (χ3n) is 5.54. The highest BCUT2D eigenvalue weighted by Gasteiger charge is 2.42. The van der Waals surface area contributed by atoms with Crippen molar-refractivity contribution in [3.63, 3.8) is 0 Å². The van der Waals surface area contributed by atoms with Crippen LogP contribution in [-0.4, -0.2) is 63.8 Å². The van der Waals surface area contributed by atoms with E-state index in [1.165, 1.54) is 12.1 Å². The molecule has 2 saturated heterocycles. The van der Waals surface area contributed by atoms with Crippen LogP contribution in [-0.2, 0) is 15.7 Å². The zero-order chi connectivity index (χ0) is 19.5. The molecular formula is C19H26F3N3O2. The molecule has 0 spiro atoms. The van der Waals surface area contributed by atoms with Gasteiger partial charge in [-0.15, -0.1) is 0 Å². The SMILES string of the molecule is COCC1(C(=O)N2CCN(c3cccc(C(F)(F)F)c3)CC2)CCNCC1. The molecule has 1 amide bonds. The zero-order valence-electron chi connectivity index (χ0n) is 15.5. The number of piperidine rings is 1. The van der Waals surface area contributed by atoms with E-state index in [4.69, 9.17) is 4.74 Å².